The van der Waals surface area contributed by atoms with E-state index in [1.54, 1.807) is 13.8 Å². The first-order valence-corrected chi connectivity index (χ1v) is 5.31. The minimum Gasteiger partial charge on any atom is -0.384 e. The maximum absolute atomic E-state index is 13.8. The molecule has 1 heterocycles. The number of hydrogen-bond donors (Lipinski definition) is 1. The van der Waals surface area contributed by atoms with Gasteiger partial charge in [-0.25, -0.2) is 8.78 Å². The van der Waals surface area contributed by atoms with Crippen LogP contribution in [0, 0.1) is 36.8 Å². The predicted octanol–water partition coefficient (Wildman–Crippen LogP) is 2.83. The van der Waals surface area contributed by atoms with Crippen molar-refractivity contribution in [1.29, 1.82) is 5.26 Å². The summed E-state index contributed by atoms with van der Waals surface area (Å²) in [6.45, 7) is 3.43. The molecule has 2 N–H and O–H groups in total. The van der Waals surface area contributed by atoms with E-state index in [0.717, 1.165) is 6.07 Å². The van der Waals surface area contributed by atoms with E-state index < -0.39 is 11.6 Å². The van der Waals surface area contributed by atoms with Crippen LogP contribution >= 0.6 is 0 Å². The van der Waals surface area contributed by atoms with Crippen LogP contribution in [0.15, 0.2) is 18.2 Å². The maximum Gasteiger partial charge on any atom is 0.182 e. The summed E-state index contributed by atoms with van der Waals surface area (Å²) in [6, 6.07) is 5.82. The zero-order chi connectivity index (χ0) is 13.4. The Morgan fingerprint density at radius 3 is 2.50 bits per heavy atom. The number of nitrogen functional groups attached to an aromatic ring is 1. The van der Waals surface area contributed by atoms with Crippen LogP contribution in [0.2, 0.25) is 0 Å². The zero-order valence-electron chi connectivity index (χ0n) is 9.96. The van der Waals surface area contributed by atoms with E-state index >= 15 is 0 Å². The molecule has 0 radical (unpaired) electrons. The van der Waals surface area contributed by atoms with Gasteiger partial charge in [0.05, 0.1) is 11.3 Å². The highest BCUT2D eigenvalue weighted by molar-refractivity contribution is 5.62. The Bertz CT molecular complexity index is 666. The summed E-state index contributed by atoms with van der Waals surface area (Å²) in [6.07, 6.45) is 0. The highest BCUT2D eigenvalue weighted by Gasteiger charge is 2.19. The van der Waals surface area contributed by atoms with Crippen molar-refractivity contribution in [2.24, 2.45) is 0 Å². The Labute approximate surface area is 103 Å². The van der Waals surface area contributed by atoms with E-state index in [4.69, 9.17) is 11.0 Å². The Hall–Kier alpha value is -2.35. The van der Waals surface area contributed by atoms with Crippen LogP contribution in [0.3, 0.4) is 0 Å². The fraction of sp³-hybridized carbons (Fsp3) is 0.154. The summed E-state index contributed by atoms with van der Waals surface area (Å²) in [7, 11) is 0. The molecule has 0 atom stereocenters. The topological polar surface area (TPSA) is 54.7 Å². The third kappa shape index (κ3) is 1.54. The number of nitrogens with zero attached hydrogens (tertiary/aromatic N) is 2. The number of anilines is 1. The van der Waals surface area contributed by atoms with Crippen molar-refractivity contribution >= 4 is 5.82 Å². The van der Waals surface area contributed by atoms with Crippen molar-refractivity contribution in [3.05, 3.63) is 46.7 Å². The van der Waals surface area contributed by atoms with Gasteiger partial charge < -0.3 is 5.73 Å². The van der Waals surface area contributed by atoms with Gasteiger partial charge in [0, 0.05) is 5.69 Å². The summed E-state index contributed by atoms with van der Waals surface area (Å²) in [5.74, 6) is -1.81. The molecular formula is C13H11F2N3. The molecule has 0 spiro atoms. The molecular weight excluding hydrogens is 236 g/mol. The van der Waals surface area contributed by atoms with Crippen molar-refractivity contribution in [1.82, 2.24) is 4.57 Å². The Balaban J connectivity index is 2.81. The first-order chi connectivity index (χ1) is 8.49. The molecule has 0 saturated heterocycles. The SMILES string of the molecule is Cc1c(C#N)c(N)n(-c2cccc(F)c2F)c1C. The molecule has 2 aromatic rings. The Morgan fingerprint density at radius 2 is 1.94 bits per heavy atom. The maximum atomic E-state index is 13.8. The second-order valence-corrected chi connectivity index (χ2v) is 3.99. The van der Waals surface area contributed by atoms with Crippen molar-refractivity contribution < 1.29 is 8.78 Å². The molecule has 1 aromatic carbocycles. The molecule has 0 unspecified atom stereocenters. The molecule has 1 aromatic heterocycles. The molecule has 18 heavy (non-hydrogen) atoms. The molecule has 92 valence electrons. The van der Waals surface area contributed by atoms with Crippen LogP contribution in [-0.2, 0) is 0 Å². The number of benzene rings is 1. The van der Waals surface area contributed by atoms with Crippen LogP contribution < -0.4 is 5.73 Å². The number of rotatable bonds is 1. The lowest BCUT2D eigenvalue weighted by atomic mass is 10.2. The fourth-order valence-corrected chi connectivity index (χ4v) is 1.95. The van der Waals surface area contributed by atoms with Gasteiger partial charge in [-0.1, -0.05) is 6.07 Å². The fourth-order valence-electron chi connectivity index (χ4n) is 1.95. The monoisotopic (exact) mass is 247 g/mol. The average Bonchev–Trinajstić information content (AvgIpc) is 2.55. The summed E-state index contributed by atoms with van der Waals surface area (Å²) >= 11 is 0. The van der Waals surface area contributed by atoms with Crippen LogP contribution in [0.25, 0.3) is 5.69 Å². The van der Waals surface area contributed by atoms with Gasteiger partial charge in [0.2, 0.25) is 0 Å². The van der Waals surface area contributed by atoms with Crippen LogP contribution in [0.4, 0.5) is 14.6 Å². The van der Waals surface area contributed by atoms with Crippen molar-refractivity contribution in [2.45, 2.75) is 13.8 Å². The first-order valence-electron chi connectivity index (χ1n) is 5.31. The molecule has 0 bridgehead atoms. The summed E-state index contributed by atoms with van der Waals surface area (Å²) < 4.78 is 28.3. The van der Waals surface area contributed by atoms with Gasteiger partial charge in [0.25, 0.3) is 0 Å². The van der Waals surface area contributed by atoms with Gasteiger partial charge in [0.15, 0.2) is 11.6 Å². The quantitative estimate of drug-likeness (QED) is 0.842. The molecule has 0 aliphatic carbocycles. The second-order valence-electron chi connectivity index (χ2n) is 3.99. The van der Waals surface area contributed by atoms with E-state index in [-0.39, 0.29) is 17.1 Å². The van der Waals surface area contributed by atoms with Crippen molar-refractivity contribution in [2.75, 3.05) is 5.73 Å². The second kappa shape index (κ2) is 4.15. The van der Waals surface area contributed by atoms with Gasteiger partial charge in [-0.15, -0.1) is 0 Å². The lowest BCUT2D eigenvalue weighted by molar-refractivity contribution is 0.504. The normalized spacial score (nSPS) is 10.4. The van der Waals surface area contributed by atoms with E-state index in [2.05, 4.69) is 0 Å². The smallest absolute Gasteiger partial charge is 0.182 e. The lowest BCUT2D eigenvalue weighted by Crippen LogP contribution is -2.06. The lowest BCUT2D eigenvalue weighted by Gasteiger charge is -2.10. The third-order valence-corrected chi connectivity index (χ3v) is 3.03. The molecule has 0 aliphatic heterocycles. The number of hydrogen-bond acceptors (Lipinski definition) is 2. The summed E-state index contributed by atoms with van der Waals surface area (Å²) in [4.78, 5) is 0. The molecule has 0 fully saturated rings. The highest BCUT2D eigenvalue weighted by Crippen LogP contribution is 2.29. The molecule has 3 nitrogen and oxygen atoms in total. The van der Waals surface area contributed by atoms with Crippen LogP contribution in [0.5, 0.6) is 0 Å². The average molecular weight is 247 g/mol. The van der Waals surface area contributed by atoms with Gasteiger partial charge in [-0.3, -0.25) is 4.57 Å². The van der Waals surface area contributed by atoms with Crippen molar-refractivity contribution in [3.63, 3.8) is 0 Å². The van der Waals surface area contributed by atoms with Crippen LogP contribution in [-0.4, -0.2) is 4.57 Å². The summed E-state index contributed by atoms with van der Waals surface area (Å²) in [5.41, 5.74) is 7.40. The molecule has 0 aliphatic rings. The zero-order valence-corrected chi connectivity index (χ0v) is 9.96. The minimum absolute atomic E-state index is 0.00889. The minimum atomic E-state index is -0.980. The van der Waals surface area contributed by atoms with Crippen molar-refractivity contribution in [3.8, 4) is 11.8 Å². The standard InChI is InChI=1S/C13H11F2N3/c1-7-8(2)18(13(17)9(7)6-16)11-5-3-4-10(14)12(11)15/h3-5H,17H2,1-2H3. The first kappa shape index (κ1) is 12.1. The predicted molar refractivity (Wildman–Crippen MR) is 64.3 cm³/mol. The van der Waals surface area contributed by atoms with E-state index in [0.29, 0.717) is 11.3 Å². The molecule has 5 heteroatoms. The number of halogens is 2. The largest absolute Gasteiger partial charge is 0.384 e. The summed E-state index contributed by atoms with van der Waals surface area (Å²) in [5, 5.41) is 9.00. The van der Waals surface area contributed by atoms with E-state index in [1.807, 2.05) is 6.07 Å². The van der Waals surface area contributed by atoms with Crippen LogP contribution in [0.1, 0.15) is 16.8 Å². The number of aromatic nitrogens is 1. The Kier molecular flexibility index (Phi) is 2.79. The van der Waals surface area contributed by atoms with Gasteiger partial charge in [0.1, 0.15) is 11.9 Å². The van der Waals surface area contributed by atoms with Gasteiger partial charge in [-0.2, -0.15) is 5.26 Å². The van der Waals surface area contributed by atoms with Gasteiger partial charge >= 0.3 is 0 Å². The number of nitriles is 1. The van der Waals surface area contributed by atoms with E-state index in [1.165, 1.54) is 16.7 Å². The number of nitrogens with two attached hydrogens (primary N) is 1. The molecule has 2 rings (SSSR count). The van der Waals surface area contributed by atoms with E-state index in [9.17, 15) is 8.78 Å². The highest BCUT2D eigenvalue weighted by atomic mass is 19.2. The molecule has 0 saturated carbocycles. The Morgan fingerprint density at radius 1 is 1.28 bits per heavy atom. The molecule has 0 amide bonds. The van der Waals surface area contributed by atoms with Gasteiger partial charge in [-0.05, 0) is 31.5 Å². The third-order valence-electron chi connectivity index (χ3n) is 3.03.